The number of methoxy groups -OCH3 is 2. The highest BCUT2D eigenvalue weighted by Gasteiger charge is 2.40. The van der Waals surface area contributed by atoms with E-state index in [2.05, 4.69) is 5.32 Å². The van der Waals surface area contributed by atoms with Gasteiger partial charge in [-0.2, -0.15) is 0 Å². The van der Waals surface area contributed by atoms with Gasteiger partial charge in [-0.25, -0.2) is 4.79 Å². The molecule has 3 aromatic carbocycles. The minimum atomic E-state index is -1.51. The van der Waals surface area contributed by atoms with Gasteiger partial charge in [-0.3, -0.25) is 9.59 Å². The van der Waals surface area contributed by atoms with Crippen LogP contribution in [0.15, 0.2) is 78.9 Å². The highest BCUT2D eigenvalue weighted by Crippen LogP contribution is 2.24. The molecule has 0 saturated carbocycles. The van der Waals surface area contributed by atoms with Gasteiger partial charge < -0.3 is 29.0 Å². The van der Waals surface area contributed by atoms with Crippen LogP contribution >= 0.6 is 0 Å². The monoisotopic (exact) mass is 549 g/mol. The zero-order valence-electron chi connectivity index (χ0n) is 23.3. The number of hydrogen-bond donors (Lipinski definition) is 1. The topological polar surface area (TPSA) is 109 Å². The van der Waals surface area contributed by atoms with E-state index in [1.165, 1.54) is 14.2 Å². The van der Waals surface area contributed by atoms with Gasteiger partial charge in [0.15, 0.2) is 5.92 Å². The van der Waals surface area contributed by atoms with Crippen molar-refractivity contribution in [3.05, 3.63) is 84.4 Å². The standard InChI is InChI=1S/C31H35NO8/c1-31(2,3)40-30(35)32-26(20-11-21-9-7-6-8-10-21)27(28(33)38-24-16-12-22(36-4)13-17-24)29(34)39-25-18-14-23(37-5)15-19-25/h6-10,12-19,26-27H,11,20H2,1-5H3,(H,32,35)/t26-/m0/s1. The lowest BCUT2D eigenvalue weighted by Gasteiger charge is -2.27. The van der Waals surface area contributed by atoms with Crippen molar-refractivity contribution in [3.63, 3.8) is 0 Å². The maximum atomic E-state index is 13.6. The Morgan fingerprint density at radius 1 is 0.700 bits per heavy atom. The number of carbonyl (C=O) groups excluding carboxylic acids is 3. The van der Waals surface area contributed by atoms with Gasteiger partial charge in [0.25, 0.3) is 0 Å². The van der Waals surface area contributed by atoms with Crippen LogP contribution in [0.25, 0.3) is 0 Å². The van der Waals surface area contributed by atoms with E-state index in [4.69, 9.17) is 23.7 Å². The third kappa shape index (κ3) is 9.34. The first-order chi connectivity index (χ1) is 19.1. The summed E-state index contributed by atoms with van der Waals surface area (Å²) in [7, 11) is 3.04. The highest BCUT2D eigenvalue weighted by atomic mass is 16.6. The smallest absolute Gasteiger partial charge is 0.407 e. The number of nitrogens with one attached hydrogen (secondary N) is 1. The van der Waals surface area contributed by atoms with Gasteiger partial charge in [-0.15, -0.1) is 0 Å². The number of esters is 2. The van der Waals surface area contributed by atoms with Crippen LogP contribution in [0, 0.1) is 5.92 Å². The zero-order chi connectivity index (χ0) is 29.1. The number of ether oxygens (including phenoxy) is 5. The number of benzene rings is 3. The lowest BCUT2D eigenvalue weighted by Crippen LogP contribution is -2.50. The summed E-state index contributed by atoms with van der Waals surface area (Å²) >= 11 is 0. The molecule has 0 aliphatic rings. The molecule has 40 heavy (non-hydrogen) atoms. The molecule has 1 N–H and O–H groups in total. The molecule has 0 saturated heterocycles. The number of hydrogen-bond acceptors (Lipinski definition) is 8. The largest absolute Gasteiger partial charge is 0.497 e. The molecule has 0 spiro atoms. The molecule has 0 heterocycles. The molecule has 1 atom stereocenters. The van der Waals surface area contributed by atoms with E-state index in [1.54, 1.807) is 69.3 Å². The maximum Gasteiger partial charge on any atom is 0.407 e. The van der Waals surface area contributed by atoms with E-state index >= 15 is 0 Å². The van der Waals surface area contributed by atoms with Gasteiger partial charge in [0, 0.05) is 0 Å². The normalized spacial score (nSPS) is 11.8. The van der Waals surface area contributed by atoms with Crippen LogP contribution in [0.1, 0.15) is 32.8 Å². The number of amides is 1. The SMILES string of the molecule is COc1ccc(OC(=O)C(C(=O)Oc2ccc(OC)cc2)[C@H](CCc2ccccc2)NC(=O)OC(C)(C)C)cc1. The summed E-state index contributed by atoms with van der Waals surface area (Å²) in [4.78, 5) is 39.9. The van der Waals surface area contributed by atoms with Crippen molar-refractivity contribution in [2.45, 2.75) is 45.3 Å². The second-order valence-corrected chi connectivity index (χ2v) is 9.95. The Balaban J connectivity index is 1.92. The average Bonchev–Trinajstić information content (AvgIpc) is 2.92. The summed E-state index contributed by atoms with van der Waals surface area (Å²) < 4.78 is 26.9. The molecule has 0 radical (unpaired) electrons. The second kappa shape index (κ2) is 14.0. The molecule has 0 bridgehead atoms. The van der Waals surface area contributed by atoms with E-state index in [-0.39, 0.29) is 17.9 Å². The minimum absolute atomic E-state index is 0.201. The Hall–Kier alpha value is -4.53. The predicted molar refractivity (Wildman–Crippen MR) is 149 cm³/mol. The molecule has 0 aromatic heterocycles. The fourth-order valence-electron chi connectivity index (χ4n) is 3.82. The van der Waals surface area contributed by atoms with Crippen molar-refractivity contribution >= 4 is 18.0 Å². The Bertz CT molecular complexity index is 1190. The number of rotatable bonds is 11. The molecule has 0 unspecified atom stereocenters. The van der Waals surface area contributed by atoms with Crippen LogP contribution in [0.5, 0.6) is 23.0 Å². The Morgan fingerprint density at radius 3 is 1.57 bits per heavy atom. The summed E-state index contributed by atoms with van der Waals surface area (Å²) in [5.41, 5.74) is 0.167. The fourth-order valence-corrected chi connectivity index (χ4v) is 3.82. The van der Waals surface area contributed by atoms with Crippen LogP contribution in [0.3, 0.4) is 0 Å². The van der Waals surface area contributed by atoms with Gasteiger partial charge >= 0.3 is 18.0 Å². The number of alkyl carbamates (subject to hydrolysis) is 1. The molecular formula is C31H35NO8. The van der Waals surface area contributed by atoms with Gasteiger partial charge in [0.05, 0.1) is 20.3 Å². The summed E-state index contributed by atoms with van der Waals surface area (Å²) in [5, 5.41) is 2.71. The van der Waals surface area contributed by atoms with Gasteiger partial charge in [0.1, 0.15) is 28.6 Å². The molecule has 1 amide bonds. The van der Waals surface area contributed by atoms with E-state index < -0.39 is 35.6 Å². The van der Waals surface area contributed by atoms with Crippen LogP contribution in [0.2, 0.25) is 0 Å². The average molecular weight is 550 g/mol. The second-order valence-electron chi connectivity index (χ2n) is 9.95. The third-order valence-corrected chi connectivity index (χ3v) is 5.75. The fraction of sp³-hybridized carbons (Fsp3) is 0.323. The van der Waals surface area contributed by atoms with E-state index in [0.29, 0.717) is 17.9 Å². The number of aryl methyl sites for hydroxylation is 1. The van der Waals surface area contributed by atoms with Crippen LogP contribution in [-0.2, 0) is 20.7 Å². The van der Waals surface area contributed by atoms with Gasteiger partial charge in [-0.05, 0) is 87.7 Å². The first kappa shape index (κ1) is 30.0. The molecule has 0 aliphatic heterocycles. The van der Waals surface area contributed by atoms with E-state index in [0.717, 1.165) is 5.56 Å². The molecule has 9 heteroatoms. The molecule has 0 fully saturated rings. The van der Waals surface area contributed by atoms with Crippen molar-refractivity contribution in [2.75, 3.05) is 14.2 Å². The first-order valence-corrected chi connectivity index (χ1v) is 12.8. The molecule has 9 nitrogen and oxygen atoms in total. The highest BCUT2D eigenvalue weighted by molar-refractivity contribution is 5.98. The van der Waals surface area contributed by atoms with Crippen LogP contribution < -0.4 is 24.3 Å². The number of carbonyl (C=O) groups is 3. The van der Waals surface area contributed by atoms with Crippen molar-refractivity contribution in [3.8, 4) is 23.0 Å². The lowest BCUT2D eigenvalue weighted by atomic mass is 9.93. The predicted octanol–water partition coefficient (Wildman–Crippen LogP) is 5.36. The van der Waals surface area contributed by atoms with Gasteiger partial charge in [0.2, 0.25) is 0 Å². The summed E-state index contributed by atoms with van der Waals surface area (Å²) in [6, 6.07) is 21.2. The Morgan fingerprint density at radius 2 is 1.15 bits per heavy atom. The van der Waals surface area contributed by atoms with E-state index in [1.807, 2.05) is 30.3 Å². The summed E-state index contributed by atoms with van der Waals surface area (Å²) in [5.74, 6) is -1.75. The van der Waals surface area contributed by atoms with Crippen LogP contribution in [0.4, 0.5) is 4.79 Å². The Labute approximate surface area is 234 Å². The zero-order valence-corrected chi connectivity index (χ0v) is 23.3. The molecular weight excluding hydrogens is 514 g/mol. The molecule has 3 rings (SSSR count). The Kier molecular flexibility index (Phi) is 10.5. The lowest BCUT2D eigenvalue weighted by molar-refractivity contribution is -0.152. The summed E-state index contributed by atoms with van der Waals surface area (Å²) in [6.45, 7) is 5.16. The van der Waals surface area contributed by atoms with E-state index in [9.17, 15) is 14.4 Å². The van der Waals surface area contributed by atoms with Crippen molar-refractivity contribution in [2.24, 2.45) is 5.92 Å². The van der Waals surface area contributed by atoms with Crippen molar-refractivity contribution in [1.29, 1.82) is 0 Å². The van der Waals surface area contributed by atoms with Gasteiger partial charge in [-0.1, -0.05) is 30.3 Å². The minimum Gasteiger partial charge on any atom is -0.497 e. The molecule has 0 aliphatic carbocycles. The van der Waals surface area contributed by atoms with Crippen molar-refractivity contribution < 1.29 is 38.1 Å². The third-order valence-electron chi connectivity index (χ3n) is 5.75. The maximum absolute atomic E-state index is 13.6. The quantitative estimate of drug-likeness (QED) is 0.194. The molecule has 3 aromatic rings. The molecule has 212 valence electrons. The summed E-state index contributed by atoms with van der Waals surface area (Å²) in [6.07, 6.45) is -0.0858. The van der Waals surface area contributed by atoms with Crippen molar-refractivity contribution in [1.82, 2.24) is 5.32 Å². The van der Waals surface area contributed by atoms with Crippen LogP contribution in [-0.4, -0.2) is 43.9 Å². The first-order valence-electron chi connectivity index (χ1n) is 12.8.